The maximum atomic E-state index is 12.6. The molecule has 0 bridgehead atoms. The third-order valence-electron chi connectivity index (χ3n) is 7.45. The van der Waals surface area contributed by atoms with E-state index in [1.54, 1.807) is 0 Å². The first-order valence-corrected chi connectivity index (χ1v) is 12.5. The van der Waals surface area contributed by atoms with E-state index in [2.05, 4.69) is 28.0 Å². The van der Waals surface area contributed by atoms with E-state index in [-0.39, 0.29) is 17.6 Å². The molecule has 1 atom stereocenters. The number of hydrogen-bond donors (Lipinski definition) is 1. The summed E-state index contributed by atoms with van der Waals surface area (Å²) in [7, 11) is 1.87. The number of likely N-dealkylation sites (tertiary alicyclic amines) is 1. The lowest BCUT2D eigenvalue weighted by atomic mass is 9.72. The summed E-state index contributed by atoms with van der Waals surface area (Å²) in [5.74, 6) is 0.854. The number of amides is 1. The van der Waals surface area contributed by atoms with Crippen LogP contribution in [0.2, 0.25) is 5.02 Å². The molecule has 1 saturated heterocycles. The zero-order valence-electron chi connectivity index (χ0n) is 20.4. The molecule has 0 aliphatic carbocycles. The molecule has 4 heterocycles. The van der Waals surface area contributed by atoms with E-state index in [4.69, 9.17) is 21.3 Å². The van der Waals surface area contributed by atoms with Crippen molar-refractivity contribution >= 4 is 34.4 Å². The molecule has 1 unspecified atom stereocenters. The highest BCUT2D eigenvalue weighted by Gasteiger charge is 2.49. The van der Waals surface area contributed by atoms with Crippen molar-refractivity contribution in [3.63, 3.8) is 0 Å². The molecule has 1 spiro atoms. The smallest absolute Gasteiger partial charge is 0.410 e. The zero-order valence-corrected chi connectivity index (χ0v) is 21.2. The molecular weight excluding hydrogens is 464 g/mol. The van der Waals surface area contributed by atoms with E-state index in [9.17, 15) is 4.79 Å². The Hall–Kier alpha value is -3.26. The number of halogens is 1. The largest absolute Gasteiger partial charge is 0.446 e. The molecule has 1 aromatic carbocycles. The van der Waals surface area contributed by atoms with Crippen LogP contribution < -0.4 is 10.3 Å². The number of hydrogen-bond acceptors (Lipinski definition) is 6. The highest BCUT2D eigenvalue weighted by atomic mass is 35.5. The van der Waals surface area contributed by atoms with Crippen LogP contribution in [-0.2, 0) is 16.7 Å². The molecule has 2 aromatic heterocycles. The van der Waals surface area contributed by atoms with Gasteiger partial charge in [-0.3, -0.25) is 4.98 Å². The minimum absolute atomic E-state index is 0.0802. The first-order valence-electron chi connectivity index (χ1n) is 12.1. The Bertz CT molecular complexity index is 1280. The predicted molar refractivity (Wildman–Crippen MR) is 138 cm³/mol. The van der Waals surface area contributed by atoms with Gasteiger partial charge in [0.15, 0.2) is 0 Å². The van der Waals surface area contributed by atoms with E-state index in [0.717, 1.165) is 47.5 Å². The standard InChI is InChI=1S/C26H31ClN6O2/c1-5-17(2)35-25(34)31-12-9-26(10-13-31)18(3)32(23-15-29-11-8-20(23)26)16-24-30-21-7-6-19(27)14-22(21)33(24)28-4/h6-8,11,14-15,17,28H,3,5,9-10,12-13,16H2,1-2,4H3. The molecule has 184 valence electrons. The summed E-state index contributed by atoms with van der Waals surface area (Å²) >= 11 is 6.25. The topological polar surface area (TPSA) is 75.5 Å². The number of carbonyl (C=O) groups excluding carboxylic acids is 1. The van der Waals surface area contributed by atoms with Crippen LogP contribution >= 0.6 is 11.6 Å². The summed E-state index contributed by atoms with van der Waals surface area (Å²) in [6.07, 6.45) is 5.81. The van der Waals surface area contributed by atoms with Gasteiger partial charge >= 0.3 is 6.09 Å². The molecule has 1 amide bonds. The lowest BCUT2D eigenvalue weighted by molar-refractivity contribution is 0.0573. The minimum atomic E-state index is -0.245. The van der Waals surface area contributed by atoms with E-state index < -0.39 is 0 Å². The van der Waals surface area contributed by atoms with E-state index in [0.29, 0.717) is 24.7 Å². The minimum Gasteiger partial charge on any atom is -0.446 e. The van der Waals surface area contributed by atoms with Gasteiger partial charge in [0, 0.05) is 42.5 Å². The fourth-order valence-electron chi connectivity index (χ4n) is 5.30. The lowest BCUT2D eigenvalue weighted by Gasteiger charge is -2.40. The van der Waals surface area contributed by atoms with E-state index in [1.165, 1.54) is 5.56 Å². The lowest BCUT2D eigenvalue weighted by Crippen LogP contribution is -2.46. The van der Waals surface area contributed by atoms with Crippen molar-refractivity contribution in [3.05, 3.63) is 65.3 Å². The number of benzene rings is 1. The number of piperidine rings is 1. The molecule has 9 heteroatoms. The first kappa shape index (κ1) is 23.5. The number of fused-ring (bicyclic) bond motifs is 3. The fourth-order valence-corrected chi connectivity index (χ4v) is 5.47. The SMILES string of the molecule is C=C1N(Cc2nc3ccc(Cl)cc3n2NC)c2cnccc2C12CCN(C(=O)OC(C)CC)CC2. The maximum absolute atomic E-state index is 12.6. The number of aromatic nitrogens is 3. The number of ether oxygens (including phenoxy) is 1. The molecule has 8 nitrogen and oxygen atoms in total. The van der Waals surface area contributed by atoms with Gasteiger partial charge in [-0.05, 0) is 56.0 Å². The fraction of sp³-hybridized carbons (Fsp3) is 0.423. The third-order valence-corrected chi connectivity index (χ3v) is 7.68. The van der Waals surface area contributed by atoms with Crippen LogP contribution in [0.4, 0.5) is 10.5 Å². The highest BCUT2D eigenvalue weighted by Crippen LogP contribution is 2.53. The second-order valence-corrected chi connectivity index (χ2v) is 9.75. The predicted octanol–water partition coefficient (Wildman–Crippen LogP) is 5.06. The second kappa shape index (κ2) is 9.07. The molecule has 0 saturated carbocycles. The molecule has 35 heavy (non-hydrogen) atoms. The van der Waals surface area contributed by atoms with Crippen molar-refractivity contribution in [1.29, 1.82) is 0 Å². The average molecular weight is 495 g/mol. The van der Waals surface area contributed by atoms with Gasteiger partial charge in [-0.1, -0.05) is 25.1 Å². The Balaban J connectivity index is 1.43. The van der Waals surface area contributed by atoms with Crippen LogP contribution in [0, 0.1) is 0 Å². The second-order valence-electron chi connectivity index (χ2n) is 9.32. The van der Waals surface area contributed by atoms with Crippen LogP contribution in [0.3, 0.4) is 0 Å². The maximum Gasteiger partial charge on any atom is 0.410 e. The Morgan fingerprint density at radius 2 is 2.09 bits per heavy atom. The number of nitrogens with zero attached hydrogens (tertiary/aromatic N) is 5. The van der Waals surface area contributed by atoms with Crippen molar-refractivity contribution in [2.75, 3.05) is 30.5 Å². The normalized spacial score (nSPS) is 17.7. The summed E-state index contributed by atoms with van der Waals surface area (Å²) < 4.78 is 7.53. The van der Waals surface area contributed by atoms with Gasteiger partial charge in [-0.15, -0.1) is 0 Å². The van der Waals surface area contributed by atoms with Gasteiger partial charge in [-0.2, -0.15) is 0 Å². The molecule has 0 radical (unpaired) electrons. The van der Waals surface area contributed by atoms with Crippen molar-refractivity contribution in [2.45, 2.75) is 51.2 Å². The summed E-state index contributed by atoms with van der Waals surface area (Å²) in [6, 6.07) is 7.78. The van der Waals surface area contributed by atoms with E-state index >= 15 is 0 Å². The van der Waals surface area contributed by atoms with Gasteiger partial charge in [0.1, 0.15) is 11.9 Å². The zero-order chi connectivity index (χ0) is 24.7. The van der Waals surface area contributed by atoms with Crippen molar-refractivity contribution in [2.24, 2.45) is 0 Å². The summed E-state index contributed by atoms with van der Waals surface area (Å²) in [6.45, 7) is 10.3. The van der Waals surface area contributed by atoms with Crippen LogP contribution in [0.25, 0.3) is 11.0 Å². The molecule has 2 aliphatic rings. The molecular formula is C26H31ClN6O2. The Morgan fingerprint density at radius 3 is 2.80 bits per heavy atom. The first-order chi connectivity index (χ1) is 16.9. The molecule has 3 aromatic rings. The van der Waals surface area contributed by atoms with Gasteiger partial charge in [-0.25, -0.2) is 14.5 Å². The van der Waals surface area contributed by atoms with Crippen molar-refractivity contribution < 1.29 is 9.53 Å². The average Bonchev–Trinajstić information content (AvgIpc) is 3.32. The van der Waals surface area contributed by atoms with Crippen molar-refractivity contribution in [1.82, 2.24) is 19.5 Å². The number of allylic oxidation sites excluding steroid dienone is 1. The molecule has 1 fully saturated rings. The van der Waals surface area contributed by atoms with Gasteiger partial charge in [0.25, 0.3) is 0 Å². The highest BCUT2D eigenvalue weighted by molar-refractivity contribution is 6.31. The van der Waals surface area contributed by atoms with Crippen LogP contribution in [0.5, 0.6) is 0 Å². The number of pyridine rings is 1. The summed E-state index contributed by atoms with van der Waals surface area (Å²) in [5.41, 5.74) is 8.06. The Labute approximate surface area is 210 Å². The number of carbonyl (C=O) groups is 1. The number of imidazole rings is 1. The van der Waals surface area contributed by atoms with Gasteiger partial charge in [0.05, 0.1) is 29.5 Å². The summed E-state index contributed by atoms with van der Waals surface area (Å²) in [4.78, 5) is 25.9. The number of anilines is 1. The number of rotatable bonds is 5. The molecule has 2 aliphatic heterocycles. The van der Waals surface area contributed by atoms with Crippen LogP contribution in [0.15, 0.2) is 48.9 Å². The Morgan fingerprint density at radius 1 is 1.31 bits per heavy atom. The van der Waals surface area contributed by atoms with Crippen molar-refractivity contribution in [3.8, 4) is 0 Å². The van der Waals surface area contributed by atoms with Crippen LogP contribution in [0.1, 0.15) is 44.5 Å². The van der Waals surface area contributed by atoms with Gasteiger partial charge < -0.3 is 20.0 Å². The molecule has 5 rings (SSSR count). The Kier molecular flexibility index (Phi) is 6.09. The molecule has 1 N–H and O–H groups in total. The van der Waals surface area contributed by atoms with Gasteiger partial charge in [0.2, 0.25) is 0 Å². The van der Waals surface area contributed by atoms with E-state index in [1.807, 2.05) is 61.1 Å². The number of nitrogens with one attached hydrogen (secondary N) is 1. The van der Waals surface area contributed by atoms with Crippen LogP contribution in [-0.4, -0.2) is 51.9 Å². The monoisotopic (exact) mass is 494 g/mol. The quantitative estimate of drug-likeness (QED) is 0.534. The third kappa shape index (κ3) is 3.89. The summed E-state index contributed by atoms with van der Waals surface area (Å²) in [5, 5.41) is 0.665.